The highest BCUT2D eigenvalue weighted by atomic mass is 16.5. The number of carbonyl (C=O) groups is 1. The normalized spacial score (nSPS) is 8.33. The third-order valence-electron chi connectivity index (χ3n) is 1.56. The SMILES string of the molecule is CCOC(=O)C(N)CCCCN.N=C=O.N=C=O.N=C=O. The highest BCUT2D eigenvalue weighted by Gasteiger charge is 2.12. The van der Waals surface area contributed by atoms with E-state index in [4.69, 9.17) is 46.8 Å². The van der Waals surface area contributed by atoms with Crippen LogP contribution in [0.4, 0.5) is 0 Å². The summed E-state index contributed by atoms with van der Waals surface area (Å²) in [6.45, 7) is 2.81. The van der Waals surface area contributed by atoms with Gasteiger partial charge >= 0.3 is 5.97 Å². The van der Waals surface area contributed by atoms with E-state index in [9.17, 15) is 4.79 Å². The quantitative estimate of drug-likeness (QED) is 0.192. The van der Waals surface area contributed by atoms with Crippen molar-refractivity contribution < 1.29 is 23.9 Å². The minimum atomic E-state index is -0.475. The van der Waals surface area contributed by atoms with E-state index in [1.165, 1.54) is 0 Å². The van der Waals surface area contributed by atoms with E-state index in [0.717, 1.165) is 31.1 Å². The molecule has 0 bridgehead atoms. The molecule has 0 aromatic rings. The van der Waals surface area contributed by atoms with Crippen LogP contribution < -0.4 is 11.5 Å². The fourth-order valence-electron chi connectivity index (χ4n) is 0.876. The lowest BCUT2D eigenvalue weighted by atomic mass is 10.1. The van der Waals surface area contributed by atoms with Crippen molar-refractivity contribution in [2.45, 2.75) is 32.2 Å². The number of carbonyl (C=O) groups excluding carboxylic acids is 4. The molecule has 10 heteroatoms. The molecule has 0 aromatic carbocycles. The molecule has 120 valence electrons. The lowest BCUT2D eigenvalue weighted by Crippen LogP contribution is -2.32. The highest BCUT2D eigenvalue weighted by Crippen LogP contribution is 1.99. The minimum absolute atomic E-state index is 0.311. The van der Waals surface area contributed by atoms with Crippen molar-refractivity contribution in [3.05, 3.63) is 0 Å². The lowest BCUT2D eigenvalue weighted by molar-refractivity contribution is -0.144. The molecule has 0 rings (SSSR count). The highest BCUT2D eigenvalue weighted by molar-refractivity contribution is 5.75. The topological polar surface area (TPSA) is 201 Å². The molecule has 0 aliphatic carbocycles. The Hall–Kier alpha value is -2.47. The summed E-state index contributed by atoms with van der Waals surface area (Å²) in [7, 11) is 0. The van der Waals surface area contributed by atoms with Gasteiger partial charge in [0.05, 0.1) is 6.61 Å². The molecule has 0 radical (unpaired) electrons. The molecule has 0 spiro atoms. The number of rotatable bonds is 6. The summed E-state index contributed by atoms with van der Waals surface area (Å²) in [5, 5.41) is 16.2. The average Bonchev–Trinajstić information content (AvgIpc) is 2.42. The van der Waals surface area contributed by atoms with Crippen LogP contribution in [-0.4, -0.2) is 43.4 Å². The zero-order chi connectivity index (χ0) is 17.5. The maximum absolute atomic E-state index is 11.0. The van der Waals surface area contributed by atoms with Gasteiger partial charge in [0.2, 0.25) is 18.2 Å². The first-order valence-electron chi connectivity index (χ1n) is 5.70. The number of unbranched alkanes of at least 4 members (excludes halogenated alkanes) is 1. The summed E-state index contributed by atoms with van der Waals surface area (Å²) < 4.78 is 4.74. The average molecular weight is 303 g/mol. The summed E-state index contributed by atoms with van der Waals surface area (Å²) in [5.41, 5.74) is 10.8. The minimum Gasteiger partial charge on any atom is -0.465 e. The zero-order valence-electron chi connectivity index (χ0n) is 11.8. The van der Waals surface area contributed by atoms with Gasteiger partial charge in [0.15, 0.2) is 0 Å². The second-order valence-corrected chi connectivity index (χ2v) is 2.95. The maximum atomic E-state index is 11.0. The van der Waals surface area contributed by atoms with Gasteiger partial charge in [-0.3, -0.25) is 4.79 Å². The van der Waals surface area contributed by atoms with Gasteiger partial charge in [-0.15, -0.1) is 0 Å². The van der Waals surface area contributed by atoms with E-state index in [1.54, 1.807) is 6.92 Å². The van der Waals surface area contributed by atoms with Gasteiger partial charge in [0.1, 0.15) is 6.04 Å². The van der Waals surface area contributed by atoms with Gasteiger partial charge in [-0.2, -0.15) is 0 Å². The molecule has 0 aromatic heterocycles. The Labute approximate surface area is 122 Å². The zero-order valence-corrected chi connectivity index (χ0v) is 11.8. The molecular formula is C11H21N5O5. The van der Waals surface area contributed by atoms with Crippen molar-refractivity contribution in [3.63, 3.8) is 0 Å². The smallest absolute Gasteiger partial charge is 0.322 e. The molecule has 0 heterocycles. The number of hydrogen-bond donors (Lipinski definition) is 5. The van der Waals surface area contributed by atoms with Crippen LogP contribution in [0.1, 0.15) is 26.2 Å². The van der Waals surface area contributed by atoms with Crippen molar-refractivity contribution in [1.29, 1.82) is 16.2 Å². The molecule has 0 fully saturated rings. The largest absolute Gasteiger partial charge is 0.465 e. The van der Waals surface area contributed by atoms with E-state index in [2.05, 4.69) is 0 Å². The van der Waals surface area contributed by atoms with Gasteiger partial charge in [-0.25, -0.2) is 30.6 Å². The van der Waals surface area contributed by atoms with Crippen LogP contribution in [0.2, 0.25) is 0 Å². The standard InChI is InChI=1S/C8H18N2O2.3CHNO/c1-2-12-8(11)7(10)5-3-4-6-9;3*2-1-3/h7H,2-6,9-10H2,1H3;3*2H. The van der Waals surface area contributed by atoms with E-state index >= 15 is 0 Å². The number of hydrogen-bond acceptors (Lipinski definition) is 10. The van der Waals surface area contributed by atoms with Crippen LogP contribution in [0.3, 0.4) is 0 Å². The van der Waals surface area contributed by atoms with Crippen LogP contribution in [0.25, 0.3) is 0 Å². The molecule has 21 heavy (non-hydrogen) atoms. The Morgan fingerprint density at radius 3 is 1.76 bits per heavy atom. The van der Waals surface area contributed by atoms with Gasteiger partial charge in [0.25, 0.3) is 0 Å². The molecule has 1 atom stereocenters. The van der Waals surface area contributed by atoms with Crippen molar-refractivity contribution >= 4 is 24.2 Å². The second kappa shape index (κ2) is 30.5. The molecule has 1 unspecified atom stereocenters. The number of isocyanates is 3. The summed E-state index contributed by atoms with van der Waals surface area (Å²) in [6.07, 6.45) is 4.71. The third kappa shape index (κ3) is 46.6. The lowest BCUT2D eigenvalue weighted by Gasteiger charge is -2.09. The van der Waals surface area contributed by atoms with Gasteiger partial charge in [-0.05, 0) is 26.3 Å². The molecule has 10 nitrogen and oxygen atoms in total. The predicted octanol–water partition coefficient (Wildman–Crippen LogP) is -0.291. The van der Waals surface area contributed by atoms with E-state index in [1.807, 2.05) is 0 Å². The van der Waals surface area contributed by atoms with Crippen LogP contribution in [0.15, 0.2) is 0 Å². The molecule has 0 amide bonds. The van der Waals surface area contributed by atoms with Crippen molar-refractivity contribution in [2.75, 3.05) is 13.2 Å². The first-order valence-corrected chi connectivity index (χ1v) is 5.70. The van der Waals surface area contributed by atoms with Crippen LogP contribution in [0.5, 0.6) is 0 Å². The molecular weight excluding hydrogens is 282 g/mol. The van der Waals surface area contributed by atoms with Crippen LogP contribution in [-0.2, 0) is 23.9 Å². The van der Waals surface area contributed by atoms with Crippen molar-refractivity contribution in [1.82, 2.24) is 0 Å². The van der Waals surface area contributed by atoms with Gasteiger partial charge in [-0.1, -0.05) is 6.42 Å². The van der Waals surface area contributed by atoms with Gasteiger partial charge in [0, 0.05) is 0 Å². The number of nitrogens with one attached hydrogen (secondary N) is 3. The van der Waals surface area contributed by atoms with E-state index < -0.39 is 6.04 Å². The maximum Gasteiger partial charge on any atom is 0.322 e. The number of esters is 1. The molecule has 0 aliphatic rings. The van der Waals surface area contributed by atoms with E-state index in [0.29, 0.717) is 19.6 Å². The second-order valence-electron chi connectivity index (χ2n) is 2.95. The van der Waals surface area contributed by atoms with Crippen molar-refractivity contribution in [3.8, 4) is 0 Å². The van der Waals surface area contributed by atoms with Crippen LogP contribution >= 0.6 is 0 Å². The Balaban J connectivity index is -0.000000132. The monoisotopic (exact) mass is 303 g/mol. The van der Waals surface area contributed by atoms with Crippen LogP contribution in [0, 0.1) is 16.2 Å². The summed E-state index contributed by atoms with van der Waals surface area (Å²) >= 11 is 0. The predicted molar refractivity (Wildman–Crippen MR) is 72.8 cm³/mol. The summed E-state index contributed by atoms with van der Waals surface area (Å²) in [6, 6.07) is -0.475. The third-order valence-corrected chi connectivity index (χ3v) is 1.56. The molecule has 0 saturated carbocycles. The Kier molecular flexibility index (Phi) is 39.2. The van der Waals surface area contributed by atoms with Gasteiger partial charge < -0.3 is 16.2 Å². The molecule has 7 N–H and O–H groups in total. The Bertz CT molecular complexity index is 301. The number of ether oxygens (including phenoxy) is 1. The van der Waals surface area contributed by atoms with E-state index in [-0.39, 0.29) is 5.97 Å². The fraction of sp³-hybridized carbons (Fsp3) is 0.636. The summed E-state index contributed by atoms with van der Waals surface area (Å²) in [4.78, 5) is 36.0. The first kappa shape index (κ1) is 27.0. The fourth-order valence-corrected chi connectivity index (χ4v) is 0.876. The number of nitrogens with two attached hydrogens (primary N) is 2. The van der Waals surface area contributed by atoms with Crippen molar-refractivity contribution in [2.24, 2.45) is 11.5 Å². The first-order chi connectivity index (χ1) is 9.96. The molecule has 0 aliphatic heterocycles. The Morgan fingerprint density at radius 1 is 1.10 bits per heavy atom. The Morgan fingerprint density at radius 2 is 1.48 bits per heavy atom. The molecule has 0 saturated heterocycles. The summed E-state index contributed by atoms with van der Waals surface area (Å²) in [5.74, 6) is -0.311.